The molecule has 154 valence electrons. The lowest BCUT2D eigenvalue weighted by Crippen LogP contribution is -2.30. The summed E-state index contributed by atoms with van der Waals surface area (Å²) in [6, 6.07) is 11.6. The topological polar surface area (TPSA) is 82.2 Å². The van der Waals surface area contributed by atoms with Gasteiger partial charge in [0.2, 0.25) is 0 Å². The summed E-state index contributed by atoms with van der Waals surface area (Å²) in [4.78, 5) is 17.1. The standard InChI is InChI=1S/C22H21FN4O3/c1-14-3-8-20(15(2)9-14)30-12-18(28)11-26-13-24-21-19(22(26)29)10-25-27(21)17-6-4-16(23)5-7-17/h3-10,13,18,28H,11-12H2,1-2H3/t18-/m1/s1. The molecule has 0 fully saturated rings. The molecule has 4 aromatic rings. The van der Waals surface area contributed by atoms with E-state index < -0.39 is 6.10 Å². The number of aromatic nitrogens is 4. The third kappa shape index (κ3) is 3.95. The summed E-state index contributed by atoms with van der Waals surface area (Å²) in [6.07, 6.45) is 1.89. The van der Waals surface area contributed by atoms with Crippen LogP contribution in [0.1, 0.15) is 11.1 Å². The Hall–Kier alpha value is -3.52. The molecular weight excluding hydrogens is 387 g/mol. The first-order valence-corrected chi connectivity index (χ1v) is 9.49. The van der Waals surface area contributed by atoms with Gasteiger partial charge in [0.1, 0.15) is 36.0 Å². The van der Waals surface area contributed by atoms with Gasteiger partial charge in [0.05, 0.1) is 18.4 Å². The van der Waals surface area contributed by atoms with Crippen molar-refractivity contribution < 1.29 is 14.2 Å². The quantitative estimate of drug-likeness (QED) is 0.531. The second kappa shape index (κ2) is 8.08. The molecule has 0 radical (unpaired) electrons. The van der Waals surface area contributed by atoms with E-state index in [-0.39, 0.29) is 24.5 Å². The zero-order chi connectivity index (χ0) is 21.3. The smallest absolute Gasteiger partial charge is 0.264 e. The summed E-state index contributed by atoms with van der Waals surface area (Å²) in [5.74, 6) is 0.337. The van der Waals surface area contributed by atoms with Crippen LogP contribution in [0.4, 0.5) is 4.39 Å². The molecule has 8 heteroatoms. The van der Waals surface area contributed by atoms with Crippen LogP contribution in [0, 0.1) is 19.7 Å². The van der Waals surface area contributed by atoms with Crippen LogP contribution in [-0.4, -0.2) is 37.1 Å². The third-order valence-corrected chi connectivity index (χ3v) is 4.79. The molecular formula is C22H21FN4O3. The predicted octanol–water partition coefficient (Wildman–Crippen LogP) is 2.78. The van der Waals surface area contributed by atoms with Gasteiger partial charge >= 0.3 is 0 Å². The Bertz CT molecular complexity index is 1250. The van der Waals surface area contributed by atoms with Gasteiger partial charge in [-0.25, -0.2) is 14.1 Å². The van der Waals surface area contributed by atoms with E-state index in [0.29, 0.717) is 22.5 Å². The van der Waals surface area contributed by atoms with E-state index in [9.17, 15) is 14.3 Å². The summed E-state index contributed by atoms with van der Waals surface area (Å²) in [5, 5.41) is 14.9. The maximum absolute atomic E-state index is 13.2. The first-order chi connectivity index (χ1) is 14.4. The van der Waals surface area contributed by atoms with Gasteiger partial charge in [0.15, 0.2) is 5.65 Å². The Morgan fingerprint density at radius 1 is 1.17 bits per heavy atom. The molecule has 4 rings (SSSR count). The Balaban J connectivity index is 1.51. The van der Waals surface area contributed by atoms with E-state index in [0.717, 1.165) is 11.1 Å². The number of benzene rings is 2. The van der Waals surface area contributed by atoms with Gasteiger partial charge in [0, 0.05) is 0 Å². The highest BCUT2D eigenvalue weighted by atomic mass is 19.1. The highest BCUT2D eigenvalue weighted by molar-refractivity contribution is 5.74. The fraction of sp³-hybridized carbons (Fsp3) is 0.227. The lowest BCUT2D eigenvalue weighted by Gasteiger charge is -2.15. The number of aliphatic hydroxyl groups excluding tert-OH is 1. The molecule has 1 atom stereocenters. The summed E-state index contributed by atoms with van der Waals surface area (Å²) < 4.78 is 21.7. The molecule has 0 spiro atoms. The molecule has 0 aliphatic heterocycles. The molecule has 0 unspecified atom stereocenters. The van der Waals surface area contributed by atoms with Crippen molar-refractivity contribution in [1.82, 2.24) is 19.3 Å². The minimum atomic E-state index is -0.894. The Morgan fingerprint density at radius 2 is 1.93 bits per heavy atom. The van der Waals surface area contributed by atoms with Gasteiger partial charge < -0.3 is 9.84 Å². The van der Waals surface area contributed by atoms with Crippen molar-refractivity contribution in [1.29, 1.82) is 0 Å². The van der Waals surface area contributed by atoms with Crippen molar-refractivity contribution in [2.24, 2.45) is 0 Å². The number of aliphatic hydroxyl groups is 1. The minimum Gasteiger partial charge on any atom is -0.491 e. The molecule has 1 N–H and O–H groups in total. The first kappa shape index (κ1) is 19.8. The van der Waals surface area contributed by atoms with Crippen molar-refractivity contribution in [3.05, 3.63) is 82.3 Å². The van der Waals surface area contributed by atoms with Gasteiger partial charge in [-0.2, -0.15) is 5.10 Å². The molecule has 2 aromatic heterocycles. The van der Waals surface area contributed by atoms with E-state index in [4.69, 9.17) is 4.74 Å². The van der Waals surface area contributed by atoms with Crippen LogP contribution in [-0.2, 0) is 6.54 Å². The van der Waals surface area contributed by atoms with E-state index in [2.05, 4.69) is 10.1 Å². The summed E-state index contributed by atoms with van der Waals surface area (Å²) in [7, 11) is 0. The predicted molar refractivity (Wildman–Crippen MR) is 111 cm³/mol. The number of aryl methyl sites for hydroxylation is 2. The van der Waals surface area contributed by atoms with Gasteiger partial charge in [-0.1, -0.05) is 17.7 Å². The normalized spacial score (nSPS) is 12.3. The van der Waals surface area contributed by atoms with E-state index in [1.54, 1.807) is 12.1 Å². The fourth-order valence-electron chi connectivity index (χ4n) is 3.28. The number of rotatable bonds is 6. The third-order valence-electron chi connectivity index (χ3n) is 4.79. The van der Waals surface area contributed by atoms with Gasteiger partial charge in [0.25, 0.3) is 5.56 Å². The van der Waals surface area contributed by atoms with Crippen molar-refractivity contribution in [2.45, 2.75) is 26.5 Å². The van der Waals surface area contributed by atoms with Crippen LogP contribution in [0.2, 0.25) is 0 Å². The van der Waals surface area contributed by atoms with Crippen molar-refractivity contribution in [3.63, 3.8) is 0 Å². The summed E-state index contributed by atoms with van der Waals surface area (Å²) in [5.41, 5.74) is 2.75. The molecule has 0 amide bonds. The van der Waals surface area contributed by atoms with Crippen LogP contribution in [0.25, 0.3) is 16.7 Å². The Kier molecular flexibility index (Phi) is 5.33. The molecule has 0 bridgehead atoms. The van der Waals surface area contributed by atoms with Gasteiger partial charge in [-0.05, 0) is 49.7 Å². The Morgan fingerprint density at radius 3 is 2.67 bits per heavy atom. The summed E-state index contributed by atoms with van der Waals surface area (Å²) in [6.45, 7) is 4.02. The van der Waals surface area contributed by atoms with Crippen molar-refractivity contribution >= 4 is 11.0 Å². The largest absolute Gasteiger partial charge is 0.491 e. The number of nitrogens with zero attached hydrogens (tertiary/aromatic N) is 4. The molecule has 7 nitrogen and oxygen atoms in total. The second-order valence-electron chi connectivity index (χ2n) is 7.21. The van der Waals surface area contributed by atoms with E-state index in [1.807, 2.05) is 32.0 Å². The van der Waals surface area contributed by atoms with Crippen LogP contribution in [0.3, 0.4) is 0 Å². The van der Waals surface area contributed by atoms with E-state index in [1.165, 1.54) is 33.9 Å². The average molecular weight is 408 g/mol. The molecule has 2 heterocycles. The number of halogens is 1. The maximum Gasteiger partial charge on any atom is 0.264 e. The summed E-state index contributed by atoms with van der Waals surface area (Å²) >= 11 is 0. The highest BCUT2D eigenvalue weighted by Crippen LogP contribution is 2.19. The van der Waals surface area contributed by atoms with Crippen LogP contribution in [0.15, 0.2) is 59.8 Å². The lowest BCUT2D eigenvalue weighted by molar-refractivity contribution is 0.0911. The second-order valence-corrected chi connectivity index (χ2v) is 7.21. The number of ether oxygens (including phenoxy) is 1. The average Bonchev–Trinajstić information content (AvgIpc) is 3.15. The number of fused-ring (bicyclic) bond motifs is 1. The number of hydrogen-bond donors (Lipinski definition) is 1. The molecule has 0 saturated carbocycles. The zero-order valence-corrected chi connectivity index (χ0v) is 16.6. The van der Waals surface area contributed by atoms with Gasteiger partial charge in [-0.3, -0.25) is 9.36 Å². The zero-order valence-electron chi connectivity index (χ0n) is 16.6. The van der Waals surface area contributed by atoms with Crippen molar-refractivity contribution in [3.8, 4) is 11.4 Å². The van der Waals surface area contributed by atoms with Crippen LogP contribution in [0.5, 0.6) is 5.75 Å². The molecule has 30 heavy (non-hydrogen) atoms. The van der Waals surface area contributed by atoms with E-state index >= 15 is 0 Å². The highest BCUT2D eigenvalue weighted by Gasteiger charge is 2.14. The maximum atomic E-state index is 13.2. The van der Waals surface area contributed by atoms with Gasteiger partial charge in [-0.15, -0.1) is 0 Å². The molecule has 0 saturated heterocycles. The first-order valence-electron chi connectivity index (χ1n) is 9.49. The minimum absolute atomic E-state index is 0.0361. The molecule has 0 aliphatic rings. The molecule has 0 aliphatic carbocycles. The lowest BCUT2D eigenvalue weighted by atomic mass is 10.1. The van der Waals surface area contributed by atoms with Crippen LogP contribution >= 0.6 is 0 Å². The SMILES string of the molecule is Cc1ccc(OC[C@H](O)Cn2cnc3c(cnn3-c3ccc(F)cc3)c2=O)c(C)c1. The Labute approximate surface area is 172 Å². The van der Waals surface area contributed by atoms with Crippen molar-refractivity contribution in [2.75, 3.05) is 6.61 Å². The molecule has 2 aromatic carbocycles. The monoisotopic (exact) mass is 408 g/mol. The fourth-order valence-corrected chi connectivity index (χ4v) is 3.28. The van der Waals surface area contributed by atoms with Crippen LogP contribution < -0.4 is 10.3 Å². The number of hydrogen-bond acceptors (Lipinski definition) is 5.